The van der Waals surface area contributed by atoms with Crippen molar-refractivity contribution in [1.29, 1.82) is 0 Å². The number of aromatic carboxylic acids is 1. The van der Waals surface area contributed by atoms with E-state index in [1.807, 2.05) is 79.7 Å². The summed E-state index contributed by atoms with van der Waals surface area (Å²) in [6.45, 7) is 26.1. The van der Waals surface area contributed by atoms with Gasteiger partial charge in [-0.25, -0.2) is 14.5 Å². The molecular formula is C51H42N4O3. The van der Waals surface area contributed by atoms with Gasteiger partial charge < -0.3 is 14.2 Å². The van der Waals surface area contributed by atoms with Gasteiger partial charge in [0.25, 0.3) is 0 Å². The van der Waals surface area contributed by atoms with Gasteiger partial charge in [-0.1, -0.05) is 97.1 Å². The number of hydrogen-bond donors (Lipinski definition) is 1. The topological polar surface area (TPSA) is 73.0 Å². The first-order valence-corrected chi connectivity index (χ1v) is 19.0. The molecule has 7 nitrogen and oxygen atoms in total. The lowest BCUT2D eigenvalue weighted by Crippen LogP contribution is -2.02. The number of carbonyl (C=O) groups is 2. The van der Waals surface area contributed by atoms with Crippen LogP contribution in [0.1, 0.15) is 61.3 Å². The van der Waals surface area contributed by atoms with E-state index in [1.165, 1.54) is 16.8 Å². The number of fused-ring (bicyclic) bond motifs is 2. The summed E-state index contributed by atoms with van der Waals surface area (Å²) < 4.78 is 4.52. The predicted molar refractivity (Wildman–Crippen MR) is 234 cm³/mol. The monoisotopic (exact) mass is 758 g/mol. The summed E-state index contributed by atoms with van der Waals surface area (Å²) in [7, 11) is 0. The zero-order valence-corrected chi connectivity index (χ0v) is 33.2. The molecule has 8 rings (SSSR count). The van der Waals surface area contributed by atoms with Crippen molar-refractivity contribution in [3.63, 3.8) is 0 Å². The van der Waals surface area contributed by atoms with Crippen molar-refractivity contribution in [2.24, 2.45) is 0 Å². The Bertz CT molecular complexity index is 2750. The molecule has 2 heterocycles. The maximum absolute atomic E-state index is 11.8. The first-order chi connectivity index (χ1) is 28.0. The largest absolute Gasteiger partial charge is 0.478 e. The zero-order chi connectivity index (χ0) is 41.1. The van der Waals surface area contributed by atoms with Crippen LogP contribution in [0, 0.1) is 40.8 Å². The van der Waals surface area contributed by atoms with Crippen molar-refractivity contribution in [1.82, 2.24) is 9.13 Å². The molecule has 0 atom stereocenters. The third-order valence-corrected chi connectivity index (χ3v) is 11.2. The number of benzene rings is 6. The molecule has 0 saturated carbocycles. The molecule has 6 aromatic carbocycles. The van der Waals surface area contributed by atoms with Gasteiger partial charge in [0.05, 0.1) is 18.7 Å². The second-order valence-corrected chi connectivity index (χ2v) is 14.6. The van der Waals surface area contributed by atoms with Gasteiger partial charge in [0, 0.05) is 51.8 Å². The van der Waals surface area contributed by atoms with Crippen molar-refractivity contribution in [3.8, 4) is 22.3 Å². The molecule has 284 valence electrons. The van der Waals surface area contributed by atoms with Gasteiger partial charge in [0.2, 0.25) is 0 Å². The van der Waals surface area contributed by atoms with Crippen molar-refractivity contribution in [2.75, 3.05) is 0 Å². The smallest absolute Gasteiger partial charge is 0.335 e. The van der Waals surface area contributed by atoms with Gasteiger partial charge in [-0.15, -0.1) is 0 Å². The van der Waals surface area contributed by atoms with Crippen LogP contribution in [0.5, 0.6) is 0 Å². The van der Waals surface area contributed by atoms with Gasteiger partial charge in [-0.2, -0.15) is 0 Å². The number of ketones is 1. The van der Waals surface area contributed by atoms with Crippen molar-refractivity contribution >= 4 is 44.9 Å². The third-order valence-electron chi connectivity index (χ3n) is 11.2. The summed E-state index contributed by atoms with van der Waals surface area (Å²) in [5, 5.41) is 11.4. The predicted octanol–water partition coefficient (Wildman–Crippen LogP) is 12.9. The molecule has 58 heavy (non-hydrogen) atoms. The first-order valence-electron chi connectivity index (χ1n) is 19.0. The van der Waals surface area contributed by atoms with Gasteiger partial charge in [-0.3, -0.25) is 4.79 Å². The van der Waals surface area contributed by atoms with E-state index in [9.17, 15) is 14.7 Å². The molecule has 8 aromatic rings. The molecule has 2 aromatic heterocycles. The highest BCUT2D eigenvalue weighted by atomic mass is 16.4. The van der Waals surface area contributed by atoms with Gasteiger partial charge in [-0.05, 0) is 116 Å². The molecule has 0 radical (unpaired) electrons. The van der Waals surface area contributed by atoms with Crippen LogP contribution in [0.4, 0.5) is 11.4 Å². The Balaban J connectivity index is 0.000000177. The summed E-state index contributed by atoms with van der Waals surface area (Å²) in [4.78, 5) is 30.3. The number of para-hydroxylation sites is 2. The first kappa shape index (κ1) is 38.8. The highest BCUT2D eigenvalue weighted by Gasteiger charge is 2.16. The summed E-state index contributed by atoms with van der Waals surface area (Å²) in [6.07, 6.45) is 0. The number of rotatable bonds is 8. The quantitative estimate of drug-likeness (QED) is 0.124. The fourth-order valence-electron chi connectivity index (χ4n) is 7.63. The van der Waals surface area contributed by atoms with Gasteiger partial charge in [0.1, 0.15) is 0 Å². The van der Waals surface area contributed by atoms with Crippen LogP contribution in [0.3, 0.4) is 0 Å². The maximum atomic E-state index is 11.8. The average molecular weight is 759 g/mol. The Labute approximate surface area is 338 Å². The van der Waals surface area contributed by atoms with E-state index in [0.717, 1.165) is 73.0 Å². The molecule has 0 saturated heterocycles. The van der Waals surface area contributed by atoms with Gasteiger partial charge in [0.15, 0.2) is 17.2 Å². The second-order valence-electron chi connectivity index (χ2n) is 14.6. The van der Waals surface area contributed by atoms with Crippen molar-refractivity contribution in [3.05, 3.63) is 201 Å². The van der Waals surface area contributed by atoms with Crippen LogP contribution in [0.2, 0.25) is 0 Å². The van der Waals surface area contributed by atoms with E-state index in [-0.39, 0.29) is 5.78 Å². The number of nitrogens with zero attached hydrogens (tertiary/aromatic N) is 4. The lowest BCUT2D eigenvalue weighted by molar-refractivity contribution is 0.0696. The molecule has 0 aliphatic heterocycles. The van der Waals surface area contributed by atoms with Crippen LogP contribution in [0.25, 0.3) is 53.7 Å². The summed E-state index contributed by atoms with van der Waals surface area (Å²) in [6, 6.07) is 43.3. The maximum Gasteiger partial charge on any atom is 0.335 e. The highest BCUT2D eigenvalue weighted by Crippen LogP contribution is 2.33. The highest BCUT2D eigenvalue weighted by molar-refractivity contribution is 5.99. The fourth-order valence-corrected chi connectivity index (χ4v) is 7.63. The van der Waals surface area contributed by atoms with Crippen LogP contribution in [-0.4, -0.2) is 26.0 Å². The van der Waals surface area contributed by atoms with Crippen LogP contribution < -0.4 is 0 Å². The normalized spacial score (nSPS) is 10.8. The van der Waals surface area contributed by atoms with E-state index in [4.69, 9.17) is 13.1 Å². The number of aryl methyl sites for hydroxylation is 2. The lowest BCUT2D eigenvalue weighted by atomic mass is 10.0. The van der Waals surface area contributed by atoms with Crippen molar-refractivity contribution < 1.29 is 14.7 Å². The van der Waals surface area contributed by atoms with E-state index >= 15 is 0 Å². The van der Waals surface area contributed by atoms with Crippen LogP contribution >= 0.6 is 0 Å². The van der Waals surface area contributed by atoms with E-state index in [0.29, 0.717) is 23.5 Å². The second kappa shape index (κ2) is 16.3. The number of hydrogen-bond acceptors (Lipinski definition) is 2. The number of carbonyl (C=O) groups excluding carboxylic acids is 1. The molecule has 0 amide bonds. The molecular weight excluding hydrogens is 717 g/mol. The number of Topliss-reactive ketones (excluding diaryl/α,β-unsaturated/α-hetero) is 1. The van der Waals surface area contributed by atoms with E-state index in [1.54, 1.807) is 19.1 Å². The Morgan fingerprint density at radius 3 is 1.34 bits per heavy atom. The number of carboxylic acids is 1. The van der Waals surface area contributed by atoms with Crippen LogP contribution in [0.15, 0.2) is 133 Å². The Kier molecular flexibility index (Phi) is 10.9. The summed E-state index contributed by atoms with van der Waals surface area (Å²) in [5.74, 6) is -0.820. The van der Waals surface area contributed by atoms with Crippen molar-refractivity contribution in [2.45, 2.75) is 47.7 Å². The van der Waals surface area contributed by atoms with E-state index in [2.05, 4.69) is 88.1 Å². The molecule has 0 aliphatic carbocycles. The Morgan fingerprint density at radius 2 is 0.948 bits per heavy atom. The number of aromatic nitrogens is 2. The van der Waals surface area contributed by atoms with Crippen LogP contribution in [-0.2, 0) is 13.1 Å². The minimum atomic E-state index is -0.910. The molecule has 0 bridgehead atoms. The fraction of sp³-hybridized carbons (Fsp3) is 0.137. The minimum Gasteiger partial charge on any atom is -0.478 e. The summed E-state index contributed by atoms with van der Waals surface area (Å²) in [5.41, 5.74) is 15.5. The Hall–Kier alpha value is -7.48. The molecule has 7 heteroatoms. The SMILES string of the molecule is [C-]#[N+]c1ccccc1-c1ccc(Cn2c(C)c(C)c3cc(C(=O)O)ccc32)cc1.[C-]#[N+]c1ccccc1-c1ccc(Cn2c(C)c(C)c3cc(C(C)=O)ccc32)cc1. The van der Waals surface area contributed by atoms with Gasteiger partial charge >= 0.3 is 5.97 Å². The molecule has 0 fully saturated rings. The Morgan fingerprint density at radius 1 is 0.552 bits per heavy atom. The average Bonchev–Trinajstić information content (AvgIpc) is 3.63. The molecule has 0 spiro atoms. The standard InChI is InChI=1S/C26H22N2O.C25H20N2O2/c1-17-18(2)28(26-14-13-22(19(3)29)15-24(17)26)16-20-9-11-21(12-10-20)23-7-5-6-8-25(23)27-4;1-16-17(2)27(24-13-12-20(25(28)29)14-22(16)24)15-18-8-10-19(11-9-18)21-6-4-5-7-23(21)26-3/h5-15H,16H2,1-3H3;4-14H,15H2,1-2H3,(H,28,29). The molecule has 0 unspecified atom stereocenters. The zero-order valence-electron chi connectivity index (χ0n) is 33.2. The minimum absolute atomic E-state index is 0.0898. The third kappa shape index (κ3) is 7.54. The lowest BCUT2D eigenvalue weighted by Gasteiger charge is -2.11. The molecule has 1 N–H and O–H groups in total. The number of carboxylic acid groups (broad SMARTS) is 1. The molecule has 0 aliphatic rings. The van der Waals surface area contributed by atoms with E-state index < -0.39 is 5.97 Å². The summed E-state index contributed by atoms with van der Waals surface area (Å²) >= 11 is 0.